The quantitative estimate of drug-likeness (QED) is 0.665. The maximum absolute atomic E-state index is 13.2. The monoisotopic (exact) mass is 240 g/mol. The van der Waals surface area contributed by atoms with Crippen molar-refractivity contribution in [2.45, 2.75) is 13.5 Å². The van der Waals surface area contributed by atoms with E-state index in [4.69, 9.17) is 0 Å². The number of aromatic nitrogens is 2. The van der Waals surface area contributed by atoms with Gasteiger partial charge in [0.15, 0.2) is 0 Å². The Labute approximate surface area is 105 Å². The molecule has 0 saturated heterocycles. The van der Waals surface area contributed by atoms with E-state index >= 15 is 0 Å². The van der Waals surface area contributed by atoms with E-state index in [2.05, 4.69) is 12.0 Å². The molecule has 18 heavy (non-hydrogen) atoms. The molecule has 0 atom stereocenters. The number of halogens is 1. The number of benzene rings is 2. The van der Waals surface area contributed by atoms with Gasteiger partial charge in [-0.3, -0.25) is 4.68 Å². The van der Waals surface area contributed by atoms with Crippen molar-refractivity contribution < 1.29 is 4.39 Å². The van der Waals surface area contributed by atoms with Crippen molar-refractivity contribution in [2.24, 2.45) is 0 Å². The van der Waals surface area contributed by atoms with Crippen LogP contribution in [0.5, 0.6) is 0 Å². The summed E-state index contributed by atoms with van der Waals surface area (Å²) < 4.78 is 15.1. The highest BCUT2D eigenvalue weighted by atomic mass is 19.1. The number of nitrogens with zero attached hydrogens (tertiary/aromatic N) is 2. The van der Waals surface area contributed by atoms with Gasteiger partial charge in [-0.25, -0.2) is 4.39 Å². The minimum atomic E-state index is -0.216. The maximum Gasteiger partial charge on any atom is 0.123 e. The molecule has 0 aliphatic rings. The molecule has 3 heteroatoms. The molecule has 3 aromatic rings. The van der Waals surface area contributed by atoms with E-state index in [0.29, 0.717) is 0 Å². The molecule has 0 bridgehead atoms. The molecule has 0 spiro atoms. The van der Waals surface area contributed by atoms with Gasteiger partial charge >= 0.3 is 0 Å². The van der Waals surface area contributed by atoms with Gasteiger partial charge < -0.3 is 0 Å². The molecule has 1 aromatic heterocycles. The number of hydrogen-bond donors (Lipinski definition) is 0. The normalized spacial score (nSPS) is 11.0. The minimum Gasteiger partial charge on any atom is -0.272 e. The van der Waals surface area contributed by atoms with Crippen LogP contribution in [0, 0.1) is 5.82 Å². The van der Waals surface area contributed by atoms with Crippen LogP contribution in [0.4, 0.5) is 4.39 Å². The molecule has 0 unspecified atom stereocenters. The smallest absolute Gasteiger partial charge is 0.123 e. The lowest BCUT2D eigenvalue weighted by Crippen LogP contribution is -1.92. The van der Waals surface area contributed by atoms with Crippen LogP contribution in [0.3, 0.4) is 0 Å². The molecule has 0 N–H and O–H groups in total. The minimum absolute atomic E-state index is 0.216. The van der Waals surface area contributed by atoms with Gasteiger partial charge in [0.2, 0.25) is 0 Å². The predicted octanol–water partition coefficient (Wildman–Crippen LogP) is 3.86. The third-order valence-electron chi connectivity index (χ3n) is 3.04. The van der Waals surface area contributed by atoms with Crippen LogP contribution in [0.25, 0.3) is 22.0 Å². The summed E-state index contributed by atoms with van der Waals surface area (Å²) in [7, 11) is 0. The lowest BCUT2D eigenvalue weighted by molar-refractivity contribution is 0.628. The molecule has 3 rings (SSSR count). The fourth-order valence-electron chi connectivity index (χ4n) is 2.08. The fraction of sp³-hybridized carbons (Fsp3) is 0.133. The second kappa shape index (κ2) is 4.26. The summed E-state index contributed by atoms with van der Waals surface area (Å²) in [5, 5.41) is 5.57. The van der Waals surface area contributed by atoms with Crippen LogP contribution >= 0.6 is 0 Å². The lowest BCUT2D eigenvalue weighted by atomic mass is 10.0. The summed E-state index contributed by atoms with van der Waals surface area (Å²) in [6, 6.07) is 12.6. The number of rotatable bonds is 2. The predicted molar refractivity (Wildman–Crippen MR) is 70.8 cm³/mol. The third kappa shape index (κ3) is 1.88. The number of aryl methyl sites for hydroxylation is 1. The van der Waals surface area contributed by atoms with Crippen LogP contribution in [0.1, 0.15) is 6.92 Å². The zero-order valence-corrected chi connectivity index (χ0v) is 10.1. The second-order valence-electron chi connectivity index (χ2n) is 4.27. The van der Waals surface area contributed by atoms with Crippen molar-refractivity contribution in [1.82, 2.24) is 9.78 Å². The first-order valence-electron chi connectivity index (χ1n) is 5.99. The Hall–Kier alpha value is -2.16. The summed E-state index contributed by atoms with van der Waals surface area (Å²) in [5.41, 5.74) is 2.81. The molecule has 0 amide bonds. The fourth-order valence-corrected chi connectivity index (χ4v) is 2.08. The van der Waals surface area contributed by atoms with E-state index in [-0.39, 0.29) is 5.82 Å². The second-order valence-corrected chi connectivity index (χ2v) is 4.27. The summed E-state index contributed by atoms with van der Waals surface area (Å²) in [6.07, 6.45) is 2.02. The Balaban J connectivity index is 2.12. The standard InChI is InChI=1S/C15H13FN2/c1-2-18-10-13-7-6-12(9-15(13)17-18)11-4-3-5-14(16)8-11/h3-10H,2H2,1H3. The van der Waals surface area contributed by atoms with E-state index in [9.17, 15) is 4.39 Å². The van der Waals surface area contributed by atoms with E-state index in [0.717, 1.165) is 28.6 Å². The molecular weight excluding hydrogens is 227 g/mol. The summed E-state index contributed by atoms with van der Waals surface area (Å²) in [4.78, 5) is 0. The van der Waals surface area contributed by atoms with Gasteiger partial charge in [-0.15, -0.1) is 0 Å². The highest BCUT2D eigenvalue weighted by Crippen LogP contribution is 2.24. The number of fused-ring (bicyclic) bond motifs is 1. The van der Waals surface area contributed by atoms with Crippen LogP contribution in [-0.4, -0.2) is 9.78 Å². The van der Waals surface area contributed by atoms with Crippen LogP contribution in [-0.2, 0) is 6.54 Å². The third-order valence-corrected chi connectivity index (χ3v) is 3.04. The Morgan fingerprint density at radius 3 is 2.72 bits per heavy atom. The van der Waals surface area contributed by atoms with Crippen molar-refractivity contribution in [1.29, 1.82) is 0 Å². The Kier molecular flexibility index (Phi) is 2.59. The van der Waals surface area contributed by atoms with Crippen molar-refractivity contribution in [3.8, 4) is 11.1 Å². The van der Waals surface area contributed by atoms with E-state index in [1.165, 1.54) is 12.1 Å². The molecule has 2 aromatic carbocycles. The van der Waals surface area contributed by atoms with Gasteiger partial charge in [0, 0.05) is 18.1 Å². The van der Waals surface area contributed by atoms with Gasteiger partial charge in [0.1, 0.15) is 5.82 Å². The lowest BCUT2D eigenvalue weighted by Gasteiger charge is -2.01. The van der Waals surface area contributed by atoms with Gasteiger partial charge in [0.05, 0.1) is 5.52 Å². The van der Waals surface area contributed by atoms with Gasteiger partial charge in [0.25, 0.3) is 0 Å². The first kappa shape index (κ1) is 11.0. The van der Waals surface area contributed by atoms with E-state index < -0.39 is 0 Å². The molecule has 0 aliphatic carbocycles. The van der Waals surface area contributed by atoms with Crippen molar-refractivity contribution in [3.05, 3.63) is 54.5 Å². The Morgan fingerprint density at radius 1 is 1.11 bits per heavy atom. The molecule has 90 valence electrons. The molecule has 0 radical (unpaired) electrons. The van der Waals surface area contributed by atoms with Gasteiger partial charge in [-0.2, -0.15) is 5.10 Å². The molecule has 1 heterocycles. The SMILES string of the molecule is CCn1cc2ccc(-c3cccc(F)c3)cc2n1. The highest BCUT2D eigenvalue weighted by molar-refractivity contribution is 5.83. The van der Waals surface area contributed by atoms with Crippen LogP contribution in [0.2, 0.25) is 0 Å². The summed E-state index contributed by atoms with van der Waals surface area (Å²) in [6.45, 7) is 2.91. The molecule has 2 nitrogen and oxygen atoms in total. The van der Waals surface area contributed by atoms with Crippen LogP contribution in [0.15, 0.2) is 48.7 Å². The molecule has 0 aliphatic heterocycles. The zero-order valence-electron chi connectivity index (χ0n) is 10.1. The average Bonchev–Trinajstić information content (AvgIpc) is 2.80. The van der Waals surface area contributed by atoms with Gasteiger partial charge in [-0.05, 0) is 36.2 Å². The first-order chi connectivity index (χ1) is 8.76. The van der Waals surface area contributed by atoms with Gasteiger partial charge in [-0.1, -0.05) is 24.3 Å². The van der Waals surface area contributed by atoms with Crippen molar-refractivity contribution in [3.63, 3.8) is 0 Å². The van der Waals surface area contributed by atoms with Crippen LogP contribution < -0.4 is 0 Å². The number of hydrogen-bond acceptors (Lipinski definition) is 1. The Bertz CT molecular complexity index is 701. The molecule has 0 fully saturated rings. The van der Waals surface area contributed by atoms with Crippen molar-refractivity contribution in [2.75, 3.05) is 0 Å². The topological polar surface area (TPSA) is 17.8 Å². The molecule has 0 saturated carbocycles. The Morgan fingerprint density at radius 2 is 1.94 bits per heavy atom. The van der Waals surface area contributed by atoms with E-state index in [1.54, 1.807) is 6.07 Å². The summed E-state index contributed by atoms with van der Waals surface area (Å²) >= 11 is 0. The van der Waals surface area contributed by atoms with E-state index in [1.807, 2.05) is 35.1 Å². The maximum atomic E-state index is 13.2. The first-order valence-corrected chi connectivity index (χ1v) is 5.99. The highest BCUT2D eigenvalue weighted by Gasteiger charge is 2.03. The summed E-state index contributed by atoms with van der Waals surface area (Å²) in [5.74, 6) is -0.216. The largest absolute Gasteiger partial charge is 0.272 e. The molecular formula is C15H13FN2. The zero-order chi connectivity index (χ0) is 12.5. The van der Waals surface area contributed by atoms with Crippen molar-refractivity contribution >= 4 is 10.9 Å². The average molecular weight is 240 g/mol.